The molecule has 0 heterocycles. The van der Waals surface area contributed by atoms with Gasteiger partial charge in [0.15, 0.2) is 11.5 Å². The van der Waals surface area contributed by atoms with Crippen molar-refractivity contribution in [3.8, 4) is 11.5 Å². The summed E-state index contributed by atoms with van der Waals surface area (Å²) in [5.74, 6) is 1.49. The third kappa shape index (κ3) is 4.40. The van der Waals surface area contributed by atoms with E-state index in [-0.39, 0.29) is 18.7 Å². The van der Waals surface area contributed by atoms with Crippen LogP contribution in [0.3, 0.4) is 0 Å². The van der Waals surface area contributed by atoms with Gasteiger partial charge in [-0.2, -0.15) is 0 Å². The van der Waals surface area contributed by atoms with Crippen LogP contribution in [-0.4, -0.2) is 32.0 Å². The molecule has 0 spiro atoms. The van der Waals surface area contributed by atoms with Crippen LogP contribution >= 0.6 is 0 Å². The molecule has 1 aromatic rings. The van der Waals surface area contributed by atoms with E-state index in [0.717, 1.165) is 24.3 Å². The Morgan fingerprint density at radius 2 is 1.89 bits per heavy atom. The van der Waals surface area contributed by atoms with Gasteiger partial charge in [-0.05, 0) is 37.5 Å². The Balaban J connectivity index is 2.86. The van der Waals surface area contributed by atoms with E-state index in [1.807, 2.05) is 18.2 Å². The summed E-state index contributed by atoms with van der Waals surface area (Å²) in [7, 11) is 3.28. The first-order chi connectivity index (χ1) is 9.15. The van der Waals surface area contributed by atoms with E-state index < -0.39 is 0 Å². The lowest BCUT2D eigenvalue weighted by Gasteiger charge is -2.23. The predicted octanol–water partition coefficient (Wildman–Crippen LogP) is 2.52. The molecule has 2 atom stereocenters. The average molecular weight is 267 g/mol. The Labute approximate surface area is 115 Å². The van der Waals surface area contributed by atoms with E-state index in [1.54, 1.807) is 14.2 Å². The maximum Gasteiger partial charge on any atom is 0.161 e. The highest BCUT2D eigenvalue weighted by Gasteiger charge is 2.14. The summed E-state index contributed by atoms with van der Waals surface area (Å²) in [6.07, 6.45) is 1.73. The Kier molecular flexibility index (Phi) is 6.67. The van der Waals surface area contributed by atoms with Crippen molar-refractivity contribution in [2.45, 2.75) is 38.8 Å². The molecular weight excluding hydrogens is 242 g/mol. The minimum atomic E-state index is 0.205. The first-order valence-electron chi connectivity index (χ1n) is 6.75. The fraction of sp³-hybridized carbons (Fsp3) is 0.600. The smallest absolute Gasteiger partial charge is 0.161 e. The molecule has 0 bridgehead atoms. The minimum absolute atomic E-state index is 0.205. The number of nitrogens with one attached hydrogen (secondary N) is 1. The Morgan fingerprint density at radius 3 is 2.42 bits per heavy atom. The molecule has 2 N–H and O–H groups in total. The quantitative estimate of drug-likeness (QED) is 0.760. The van der Waals surface area contributed by atoms with Gasteiger partial charge in [-0.1, -0.05) is 13.0 Å². The lowest BCUT2D eigenvalue weighted by molar-refractivity contribution is 0.262. The molecule has 0 fully saturated rings. The number of rotatable bonds is 8. The summed E-state index contributed by atoms with van der Waals surface area (Å²) < 4.78 is 10.6. The van der Waals surface area contributed by atoms with Gasteiger partial charge in [-0.15, -0.1) is 0 Å². The van der Waals surface area contributed by atoms with E-state index >= 15 is 0 Å². The molecular formula is C15H25NO3. The maximum absolute atomic E-state index is 8.97. The van der Waals surface area contributed by atoms with Crippen LogP contribution in [0.2, 0.25) is 0 Å². The average Bonchev–Trinajstić information content (AvgIpc) is 2.44. The highest BCUT2D eigenvalue weighted by molar-refractivity contribution is 5.43. The van der Waals surface area contributed by atoms with Crippen molar-refractivity contribution in [1.82, 2.24) is 5.32 Å². The van der Waals surface area contributed by atoms with Crippen LogP contribution < -0.4 is 14.8 Å². The minimum Gasteiger partial charge on any atom is -0.493 e. The Morgan fingerprint density at radius 1 is 1.21 bits per heavy atom. The molecule has 0 aliphatic rings. The maximum atomic E-state index is 8.97. The zero-order chi connectivity index (χ0) is 14.3. The topological polar surface area (TPSA) is 50.7 Å². The van der Waals surface area contributed by atoms with Gasteiger partial charge in [0.1, 0.15) is 0 Å². The SMILES string of the molecule is CCC(NC(C)CCO)c1ccc(OC)c(OC)c1. The standard InChI is InChI=1S/C15H25NO3/c1-5-13(16-11(2)8-9-17)12-6-7-14(18-3)15(10-12)19-4/h6-7,10-11,13,16-17H,5,8-9H2,1-4H3. The summed E-state index contributed by atoms with van der Waals surface area (Å²) >= 11 is 0. The number of aliphatic hydroxyl groups is 1. The third-order valence-corrected chi connectivity index (χ3v) is 3.27. The highest BCUT2D eigenvalue weighted by Crippen LogP contribution is 2.31. The summed E-state index contributed by atoms with van der Waals surface area (Å²) in [5, 5.41) is 12.5. The van der Waals surface area contributed by atoms with Gasteiger partial charge in [0.05, 0.1) is 14.2 Å². The molecule has 0 radical (unpaired) electrons. The fourth-order valence-corrected chi connectivity index (χ4v) is 2.14. The zero-order valence-electron chi connectivity index (χ0n) is 12.3. The van der Waals surface area contributed by atoms with E-state index in [4.69, 9.17) is 14.6 Å². The van der Waals surface area contributed by atoms with Crippen molar-refractivity contribution in [1.29, 1.82) is 0 Å². The molecule has 0 saturated carbocycles. The number of hydrogen-bond acceptors (Lipinski definition) is 4. The van der Waals surface area contributed by atoms with Gasteiger partial charge in [0.25, 0.3) is 0 Å². The lowest BCUT2D eigenvalue weighted by Crippen LogP contribution is -2.31. The van der Waals surface area contributed by atoms with Crippen molar-refractivity contribution in [3.63, 3.8) is 0 Å². The molecule has 1 rings (SSSR count). The van der Waals surface area contributed by atoms with Crippen LogP contribution in [0.4, 0.5) is 0 Å². The van der Waals surface area contributed by atoms with Crippen LogP contribution in [0.15, 0.2) is 18.2 Å². The second-order valence-corrected chi connectivity index (χ2v) is 4.66. The van der Waals surface area contributed by atoms with Gasteiger partial charge in [-0.25, -0.2) is 0 Å². The molecule has 0 aromatic heterocycles. The van der Waals surface area contributed by atoms with E-state index in [9.17, 15) is 0 Å². The molecule has 0 aliphatic heterocycles. The molecule has 19 heavy (non-hydrogen) atoms. The summed E-state index contributed by atoms with van der Waals surface area (Å²) in [4.78, 5) is 0. The van der Waals surface area contributed by atoms with Crippen LogP contribution in [0.1, 0.15) is 38.3 Å². The largest absolute Gasteiger partial charge is 0.493 e. The Bertz CT molecular complexity index is 382. The van der Waals surface area contributed by atoms with Gasteiger partial charge in [0.2, 0.25) is 0 Å². The second-order valence-electron chi connectivity index (χ2n) is 4.66. The van der Waals surface area contributed by atoms with Crippen molar-refractivity contribution >= 4 is 0 Å². The first-order valence-corrected chi connectivity index (χ1v) is 6.75. The van der Waals surface area contributed by atoms with Crippen molar-refractivity contribution in [2.24, 2.45) is 0 Å². The lowest BCUT2D eigenvalue weighted by atomic mass is 10.0. The second kappa shape index (κ2) is 8.02. The number of benzene rings is 1. The van der Waals surface area contributed by atoms with E-state index in [2.05, 4.69) is 19.2 Å². The summed E-state index contributed by atoms with van der Waals surface area (Å²) in [6.45, 7) is 4.43. The van der Waals surface area contributed by atoms with Crippen LogP contribution in [0.5, 0.6) is 11.5 Å². The number of hydrogen-bond donors (Lipinski definition) is 2. The monoisotopic (exact) mass is 267 g/mol. The fourth-order valence-electron chi connectivity index (χ4n) is 2.14. The van der Waals surface area contributed by atoms with Gasteiger partial charge >= 0.3 is 0 Å². The third-order valence-electron chi connectivity index (χ3n) is 3.27. The molecule has 0 amide bonds. The Hall–Kier alpha value is -1.26. The van der Waals surface area contributed by atoms with Crippen LogP contribution in [0, 0.1) is 0 Å². The van der Waals surface area contributed by atoms with E-state index in [0.29, 0.717) is 0 Å². The van der Waals surface area contributed by atoms with Gasteiger partial charge < -0.3 is 19.9 Å². The van der Waals surface area contributed by atoms with Crippen LogP contribution in [0.25, 0.3) is 0 Å². The molecule has 4 heteroatoms. The normalized spacial score (nSPS) is 13.9. The molecule has 108 valence electrons. The summed E-state index contributed by atoms with van der Waals surface area (Å²) in [6, 6.07) is 6.51. The van der Waals surface area contributed by atoms with Gasteiger partial charge in [-0.3, -0.25) is 0 Å². The van der Waals surface area contributed by atoms with Crippen molar-refractivity contribution < 1.29 is 14.6 Å². The molecule has 4 nitrogen and oxygen atoms in total. The molecule has 0 aliphatic carbocycles. The molecule has 2 unspecified atom stereocenters. The highest BCUT2D eigenvalue weighted by atomic mass is 16.5. The molecule has 0 saturated heterocycles. The number of aliphatic hydroxyl groups excluding tert-OH is 1. The summed E-state index contributed by atoms with van der Waals surface area (Å²) in [5.41, 5.74) is 1.17. The number of ether oxygens (including phenoxy) is 2. The van der Waals surface area contributed by atoms with Crippen molar-refractivity contribution in [2.75, 3.05) is 20.8 Å². The first kappa shape index (κ1) is 15.8. The van der Waals surface area contributed by atoms with Gasteiger partial charge in [0, 0.05) is 18.7 Å². The predicted molar refractivity (Wildman–Crippen MR) is 76.9 cm³/mol. The van der Waals surface area contributed by atoms with E-state index in [1.165, 1.54) is 5.56 Å². The van der Waals surface area contributed by atoms with Crippen LogP contribution in [-0.2, 0) is 0 Å². The zero-order valence-corrected chi connectivity index (χ0v) is 12.3. The number of methoxy groups -OCH3 is 2. The van der Waals surface area contributed by atoms with Crippen molar-refractivity contribution in [3.05, 3.63) is 23.8 Å². The molecule has 1 aromatic carbocycles.